The first-order valence-electron chi connectivity index (χ1n) is 24.6. The molecule has 9 aromatic rings. The van der Waals surface area contributed by atoms with Crippen LogP contribution < -0.4 is 30.5 Å². The first-order chi connectivity index (χ1) is 35.9. The van der Waals surface area contributed by atoms with E-state index in [2.05, 4.69) is 157 Å². The number of aliphatic hydroxyl groups is 1. The Morgan fingerprint density at radius 3 is 1.51 bits per heavy atom. The minimum Gasteiger partial charge on any atom is -0.506 e. The topological polar surface area (TPSA) is 102 Å². The molecule has 0 aromatic heterocycles. The Morgan fingerprint density at radius 1 is 0.486 bits per heavy atom. The number of carbonyl (C=O) groups excluding carboxylic acids is 3. The summed E-state index contributed by atoms with van der Waals surface area (Å²) in [6, 6.07) is 64.7. The van der Waals surface area contributed by atoms with Crippen molar-refractivity contribution >= 4 is 97.2 Å². The Kier molecular flexibility index (Phi) is 12.3. The van der Waals surface area contributed by atoms with Gasteiger partial charge in [0, 0.05) is 86.8 Å². The maximum atomic E-state index is 15.0. The molecule has 0 spiro atoms. The van der Waals surface area contributed by atoms with Crippen LogP contribution in [-0.4, -0.2) is 28.4 Å². The van der Waals surface area contributed by atoms with Crippen LogP contribution in [0, 0.1) is 27.7 Å². The molecule has 0 saturated carbocycles. The van der Waals surface area contributed by atoms with E-state index >= 15 is 0 Å². The van der Waals surface area contributed by atoms with E-state index in [1.54, 1.807) is 48.5 Å². The van der Waals surface area contributed by atoms with Crippen LogP contribution >= 0.6 is 0 Å². The molecule has 0 bridgehead atoms. The van der Waals surface area contributed by atoms with Crippen molar-refractivity contribution in [1.29, 1.82) is 0 Å². The lowest BCUT2D eigenvalue weighted by molar-refractivity contribution is -0.109. The molecule has 0 heterocycles. The molecule has 0 fully saturated rings. The number of Topliss-reactive ketones (excluding diaryl/α,β-unsaturated/α-hetero) is 1. The largest absolute Gasteiger partial charge is 0.506 e. The number of aryl methyl sites for hydroxylation is 4. The fourth-order valence-corrected chi connectivity index (χ4v) is 9.61. The highest BCUT2D eigenvalue weighted by Gasteiger charge is 2.38. The summed E-state index contributed by atoms with van der Waals surface area (Å²) in [4.78, 5) is 45.1. The maximum absolute atomic E-state index is 15.0. The van der Waals surface area contributed by atoms with Crippen LogP contribution in [0.15, 0.2) is 212 Å². The third kappa shape index (κ3) is 9.12. The summed E-state index contributed by atoms with van der Waals surface area (Å²) < 4.78 is 2.18. The Bertz CT molecular complexity index is 3860. The first kappa shape index (κ1) is 46.7. The van der Waals surface area contributed by atoms with Gasteiger partial charge in [0.25, 0.3) is 11.8 Å². The van der Waals surface area contributed by atoms with Gasteiger partial charge in [-0.3, -0.25) is 14.4 Å². The molecule has 0 saturated heterocycles. The van der Waals surface area contributed by atoms with E-state index in [-0.39, 0.29) is 28.7 Å². The highest BCUT2D eigenvalue weighted by atomic mass is 16.3. The Labute approximate surface area is 429 Å². The number of fused-ring (bicyclic) bond motifs is 2. The summed E-state index contributed by atoms with van der Waals surface area (Å²) in [5.41, 5.74) is 13.1. The molecule has 2 aliphatic rings. The minimum atomic E-state index is -0.435. The third-order valence-electron chi connectivity index (χ3n) is 13.6. The number of nitrogens with zero attached hydrogens (tertiary/aromatic N) is 2. The van der Waals surface area contributed by atoms with E-state index in [0.717, 1.165) is 78.0 Å². The summed E-state index contributed by atoms with van der Waals surface area (Å²) in [7, 11) is 0. The standard InChI is InChI=1S/C66H50N4O4/c1-41-15-25-51(26-16-41)69(52-27-17-42(2)18-28-52)55-33-23-47-37-57(59(39-49(47)35-55)67-65(73)45-11-7-5-8-12-45)61-63(71)62(64(61)72)58-38-48-24-34-56(36-50(48)40-60(58)68-66(74)46-13-9-6-10-14-46)70(53-29-19-43(3)20-30-53)54-31-21-44(4)22-32-54/h5-40H,1-4H3,(H2,67,68,71,72,73,74)/p+1. The van der Waals surface area contributed by atoms with E-state index in [9.17, 15) is 19.5 Å². The predicted octanol–water partition coefficient (Wildman–Crippen LogP) is 13.5. The van der Waals surface area contributed by atoms with Crippen LogP contribution in [0.3, 0.4) is 0 Å². The zero-order chi connectivity index (χ0) is 51.0. The number of amides is 2. The number of rotatable bonds is 10. The smallest absolute Gasteiger partial charge is 0.255 e. The molecule has 11 rings (SSSR count). The summed E-state index contributed by atoms with van der Waals surface area (Å²) in [6.45, 7) is 8.25. The van der Waals surface area contributed by atoms with Crippen molar-refractivity contribution in [2.24, 2.45) is 0 Å². The van der Waals surface area contributed by atoms with Gasteiger partial charge in [-0.2, -0.15) is 4.58 Å². The fraction of sp³-hybridized carbons (Fsp3) is 0.0606. The van der Waals surface area contributed by atoms with E-state index < -0.39 is 5.78 Å². The van der Waals surface area contributed by atoms with E-state index in [1.165, 1.54) is 0 Å². The lowest BCUT2D eigenvalue weighted by Crippen LogP contribution is -2.32. The van der Waals surface area contributed by atoms with Crippen LogP contribution in [-0.2, 0) is 4.79 Å². The number of anilines is 5. The molecular formula is C66H51N4O4+. The Hall–Kier alpha value is -9.66. The van der Waals surface area contributed by atoms with E-state index in [4.69, 9.17) is 0 Å². The number of allylic oxidation sites excluding steroid dienone is 3. The highest BCUT2D eigenvalue weighted by Crippen LogP contribution is 2.43. The molecule has 3 N–H and O–H groups in total. The van der Waals surface area contributed by atoms with Crippen molar-refractivity contribution in [2.75, 3.05) is 15.5 Å². The van der Waals surface area contributed by atoms with Crippen LogP contribution in [0.25, 0.3) is 34.1 Å². The zero-order valence-corrected chi connectivity index (χ0v) is 41.4. The third-order valence-corrected chi connectivity index (χ3v) is 13.6. The number of hydrogen-bond donors (Lipinski definition) is 3. The molecule has 0 aliphatic heterocycles. The number of nitrogens with one attached hydrogen (secondary N) is 2. The normalized spacial score (nSPS) is 13.5. The summed E-state index contributed by atoms with van der Waals surface area (Å²) >= 11 is 0. The average Bonchev–Trinajstić information content (AvgIpc) is 3.42. The van der Waals surface area contributed by atoms with Gasteiger partial charge in [0.1, 0.15) is 5.76 Å². The molecule has 2 aliphatic carbocycles. The molecule has 8 nitrogen and oxygen atoms in total. The van der Waals surface area contributed by atoms with Gasteiger partial charge in [-0.25, -0.2) is 0 Å². The molecule has 2 amide bonds. The molecule has 0 atom stereocenters. The van der Waals surface area contributed by atoms with Crippen LogP contribution in [0.4, 0.5) is 39.8 Å². The van der Waals surface area contributed by atoms with Gasteiger partial charge >= 0.3 is 0 Å². The molecule has 74 heavy (non-hydrogen) atoms. The quantitative estimate of drug-likeness (QED) is 0.119. The number of aliphatic hydroxyl groups excluding tert-OH is 1. The maximum Gasteiger partial charge on any atom is 0.255 e. The van der Waals surface area contributed by atoms with Crippen LogP contribution in [0.2, 0.25) is 0 Å². The van der Waals surface area contributed by atoms with Gasteiger partial charge < -0.3 is 20.6 Å². The summed E-state index contributed by atoms with van der Waals surface area (Å²) in [5, 5.41) is 21.3. The van der Waals surface area contributed by atoms with Gasteiger partial charge in [0.15, 0.2) is 0 Å². The van der Waals surface area contributed by atoms with Crippen molar-refractivity contribution in [2.45, 2.75) is 27.7 Å². The Balaban J connectivity index is 1.07. The number of carbonyl (C=O) groups is 3. The van der Waals surface area contributed by atoms with Crippen LogP contribution in [0.1, 0.15) is 54.1 Å². The highest BCUT2D eigenvalue weighted by molar-refractivity contribution is 6.52. The lowest BCUT2D eigenvalue weighted by atomic mass is 9.80. The Morgan fingerprint density at radius 2 is 0.986 bits per heavy atom. The second-order valence-corrected chi connectivity index (χ2v) is 18.9. The number of ketones is 1. The number of hydrogen-bond acceptors (Lipinski definition) is 5. The molecule has 0 radical (unpaired) electrons. The van der Waals surface area contributed by atoms with Gasteiger partial charge in [0.2, 0.25) is 22.9 Å². The fourth-order valence-electron chi connectivity index (χ4n) is 9.61. The lowest BCUT2D eigenvalue weighted by Gasteiger charge is -2.27. The molecule has 358 valence electrons. The van der Waals surface area contributed by atoms with Crippen molar-refractivity contribution < 1.29 is 19.5 Å². The minimum absolute atomic E-state index is 0.0536. The van der Waals surface area contributed by atoms with E-state index in [0.29, 0.717) is 33.3 Å². The van der Waals surface area contributed by atoms with Crippen molar-refractivity contribution in [1.82, 2.24) is 4.58 Å². The molecule has 0 unspecified atom stereocenters. The molecule has 9 aromatic carbocycles. The zero-order valence-electron chi connectivity index (χ0n) is 41.4. The van der Waals surface area contributed by atoms with Gasteiger partial charge in [0.05, 0.1) is 11.1 Å². The summed E-state index contributed by atoms with van der Waals surface area (Å²) in [5.74, 6) is -1.43. The predicted molar refractivity (Wildman–Crippen MR) is 303 cm³/mol. The number of benzene rings is 9. The summed E-state index contributed by atoms with van der Waals surface area (Å²) in [6.07, 6.45) is 6.09. The van der Waals surface area contributed by atoms with E-state index in [1.807, 2.05) is 60.7 Å². The average molecular weight is 964 g/mol. The monoisotopic (exact) mass is 963 g/mol. The molecular weight excluding hydrogens is 913 g/mol. The van der Waals surface area contributed by atoms with Crippen LogP contribution in [0.5, 0.6) is 0 Å². The van der Waals surface area contributed by atoms with Crippen molar-refractivity contribution in [3.63, 3.8) is 0 Å². The van der Waals surface area contributed by atoms with Gasteiger partial charge in [-0.15, -0.1) is 0 Å². The van der Waals surface area contributed by atoms with Gasteiger partial charge in [-0.05, 0) is 140 Å². The van der Waals surface area contributed by atoms with Crippen molar-refractivity contribution in [3.8, 4) is 0 Å². The van der Waals surface area contributed by atoms with Gasteiger partial charge in [-0.1, -0.05) is 113 Å². The first-order valence-corrected chi connectivity index (χ1v) is 24.6. The van der Waals surface area contributed by atoms with Crippen molar-refractivity contribution in [3.05, 3.63) is 267 Å². The second-order valence-electron chi connectivity index (χ2n) is 18.9. The SMILES string of the molecule is Cc1ccc(N(c2ccc(C)cc2)c2ccc3cc(C4=C(O)/C(=c5/cc6c(cc5NC(=O)c5ccccc5)=CC(=[N+](c5ccc(C)cc5)c5ccc(C)cc5)C=C6)C4=O)c(NC(=O)c4ccccc4)cc3c2)cc1. The second kappa shape index (κ2) is 19.5. The molecule has 8 heteroatoms.